The normalized spacial score (nSPS) is 9.93. The third-order valence-electron chi connectivity index (χ3n) is 1.50. The zero-order valence-electron chi connectivity index (χ0n) is 7.16. The molecule has 7 heteroatoms. The topological polar surface area (TPSA) is 70.7 Å². The lowest BCUT2D eigenvalue weighted by atomic mass is 10.3. The third-order valence-corrected chi connectivity index (χ3v) is 1.50. The summed E-state index contributed by atoms with van der Waals surface area (Å²) in [6.07, 6.45) is -1.93. The number of anilines is 1. The Labute approximate surface area is 77.9 Å². The monoisotopic (exact) mass is 200 g/mol. The molecule has 0 saturated heterocycles. The van der Waals surface area contributed by atoms with E-state index in [-0.39, 0.29) is 11.4 Å². The molecule has 1 heterocycles. The first kappa shape index (κ1) is 10.1. The number of hydrogen-bond acceptors (Lipinski definition) is 3. The van der Waals surface area contributed by atoms with Gasteiger partial charge < -0.3 is 5.32 Å². The van der Waals surface area contributed by atoms with Gasteiger partial charge in [0.1, 0.15) is 17.5 Å². The summed E-state index contributed by atoms with van der Waals surface area (Å²) >= 11 is 0. The van der Waals surface area contributed by atoms with Gasteiger partial charge in [0.2, 0.25) is 0 Å². The van der Waals surface area contributed by atoms with Crippen molar-refractivity contribution < 1.29 is 13.6 Å². The van der Waals surface area contributed by atoms with Crippen LogP contribution in [0.1, 0.15) is 5.56 Å². The maximum atomic E-state index is 11.9. The molecule has 0 bridgehead atoms. The van der Waals surface area contributed by atoms with Crippen molar-refractivity contribution in [2.45, 2.75) is 6.43 Å². The second-order valence-corrected chi connectivity index (χ2v) is 2.43. The minimum atomic E-state index is -3.11. The van der Waals surface area contributed by atoms with Gasteiger partial charge in [-0.05, 0) is 0 Å². The maximum absolute atomic E-state index is 11.9. The number of amides is 1. The number of aryl methyl sites for hydroxylation is 1. The van der Waals surface area contributed by atoms with Crippen molar-refractivity contribution in [3.8, 4) is 6.07 Å². The van der Waals surface area contributed by atoms with Gasteiger partial charge in [0.15, 0.2) is 0 Å². The van der Waals surface area contributed by atoms with Gasteiger partial charge in [0.05, 0.1) is 6.20 Å². The van der Waals surface area contributed by atoms with Crippen LogP contribution in [0.4, 0.5) is 14.6 Å². The molecule has 0 unspecified atom stereocenters. The van der Waals surface area contributed by atoms with Gasteiger partial charge in [-0.1, -0.05) is 0 Å². The molecule has 0 aliphatic carbocycles. The molecule has 5 nitrogen and oxygen atoms in total. The fourth-order valence-corrected chi connectivity index (χ4v) is 0.839. The van der Waals surface area contributed by atoms with E-state index in [4.69, 9.17) is 5.26 Å². The number of hydrogen-bond donors (Lipinski definition) is 1. The summed E-state index contributed by atoms with van der Waals surface area (Å²) in [4.78, 5) is 10.6. The van der Waals surface area contributed by atoms with E-state index in [0.29, 0.717) is 0 Å². The molecule has 0 fully saturated rings. The van der Waals surface area contributed by atoms with Crippen LogP contribution in [-0.2, 0) is 11.8 Å². The molecule has 0 aliphatic heterocycles. The first-order chi connectivity index (χ1) is 6.56. The Morgan fingerprint density at radius 3 is 2.93 bits per heavy atom. The number of alkyl halides is 2. The molecule has 1 N–H and O–H groups in total. The zero-order valence-corrected chi connectivity index (χ0v) is 7.16. The predicted molar refractivity (Wildman–Crippen MR) is 42.6 cm³/mol. The highest BCUT2D eigenvalue weighted by molar-refractivity contribution is 5.93. The molecule has 74 valence electrons. The molecule has 0 atom stereocenters. The van der Waals surface area contributed by atoms with Crippen molar-refractivity contribution in [2.24, 2.45) is 7.05 Å². The Bertz CT molecular complexity index is 393. The predicted octanol–water partition coefficient (Wildman–Crippen LogP) is 0.495. The summed E-state index contributed by atoms with van der Waals surface area (Å²) in [6.45, 7) is 0. The highest BCUT2D eigenvalue weighted by atomic mass is 19.3. The van der Waals surface area contributed by atoms with E-state index in [1.165, 1.54) is 13.2 Å². The van der Waals surface area contributed by atoms with Gasteiger partial charge in [-0.2, -0.15) is 19.1 Å². The number of halogens is 2. The van der Waals surface area contributed by atoms with E-state index in [0.717, 1.165) is 4.68 Å². The molecule has 1 amide bonds. The second-order valence-electron chi connectivity index (χ2n) is 2.43. The van der Waals surface area contributed by atoms with Crippen LogP contribution in [-0.4, -0.2) is 22.1 Å². The van der Waals surface area contributed by atoms with Crippen LogP contribution in [0.25, 0.3) is 0 Å². The molecule has 0 aliphatic rings. The summed E-state index contributed by atoms with van der Waals surface area (Å²) < 4.78 is 24.9. The van der Waals surface area contributed by atoms with Crippen LogP contribution in [0.2, 0.25) is 0 Å². The van der Waals surface area contributed by atoms with E-state index < -0.39 is 12.3 Å². The molecule has 1 aromatic rings. The Hall–Kier alpha value is -1.97. The summed E-state index contributed by atoms with van der Waals surface area (Å²) in [5.74, 6) is -1.48. The van der Waals surface area contributed by atoms with Crippen molar-refractivity contribution >= 4 is 11.7 Å². The van der Waals surface area contributed by atoms with E-state index in [1.807, 2.05) is 5.32 Å². The lowest BCUT2D eigenvalue weighted by Crippen LogP contribution is -2.22. The van der Waals surface area contributed by atoms with E-state index in [2.05, 4.69) is 5.10 Å². The lowest BCUT2D eigenvalue weighted by molar-refractivity contribution is -0.126. The number of nitrogens with one attached hydrogen (secondary N) is 1. The quantitative estimate of drug-likeness (QED) is 0.755. The number of nitriles is 1. The number of aromatic nitrogens is 2. The van der Waals surface area contributed by atoms with Crippen LogP contribution in [0.3, 0.4) is 0 Å². The summed E-state index contributed by atoms with van der Waals surface area (Å²) in [7, 11) is 1.43. The van der Waals surface area contributed by atoms with E-state index >= 15 is 0 Å². The number of rotatable bonds is 2. The Kier molecular flexibility index (Phi) is 2.76. The average molecular weight is 200 g/mol. The minimum absolute atomic E-state index is 0.0298. The standard InChI is InChI=1S/C7H6F2N4O/c1-13-6(4(2-10)3-11-13)12-7(14)5(8)9/h3,5H,1H3,(H,12,14). The van der Waals surface area contributed by atoms with Crippen molar-refractivity contribution in [3.63, 3.8) is 0 Å². The van der Waals surface area contributed by atoms with Crippen molar-refractivity contribution in [1.82, 2.24) is 9.78 Å². The lowest BCUT2D eigenvalue weighted by Gasteiger charge is -2.04. The molecular weight excluding hydrogens is 194 g/mol. The van der Waals surface area contributed by atoms with Crippen molar-refractivity contribution in [2.75, 3.05) is 5.32 Å². The molecule has 1 aromatic heterocycles. The highest BCUT2D eigenvalue weighted by Gasteiger charge is 2.18. The van der Waals surface area contributed by atoms with Gasteiger partial charge in [-0.15, -0.1) is 0 Å². The number of nitrogens with zero attached hydrogens (tertiary/aromatic N) is 3. The minimum Gasteiger partial charge on any atom is -0.305 e. The molecular formula is C7H6F2N4O. The van der Waals surface area contributed by atoms with E-state index in [1.54, 1.807) is 6.07 Å². The Balaban J connectivity index is 2.91. The van der Waals surface area contributed by atoms with Crippen LogP contribution >= 0.6 is 0 Å². The first-order valence-corrected chi connectivity index (χ1v) is 3.57. The third kappa shape index (κ3) is 1.85. The fourth-order valence-electron chi connectivity index (χ4n) is 0.839. The first-order valence-electron chi connectivity index (χ1n) is 3.57. The SMILES string of the molecule is Cn1ncc(C#N)c1NC(=O)C(F)F. The summed E-state index contributed by atoms with van der Waals surface area (Å²) in [5.41, 5.74) is 0.0431. The Morgan fingerprint density at radius 1 is 1.79 bits per heavy atom. The van der Waals surface area contributed by atoms with Crippen LogP contribution in [0, 0.1) is 11.3 Å². The van der Waals surface area contributed by atoms with Crippen LogP contribution in [0.5, 0.6) is 0 Å². The van der Waals surface area contributed by atoms with Crippen molar-refractivity contribution in [3.05, 3.63) is 11.8 Å². The fraction of sp³-hybridized carbons (Fsp3) is 0.286. The second kappa shape index (κ2) is 3.83. The molecule has 0 saturated carbocycles. The summed E-state index contributed by atoms with van der Waals surface area (Å²) in [6, 6.07) is 1.72. The van der Waals surface area contributed by atoms with E-state index in [9.17, 15) is 13.6 Å². The summed E-state index contributed by atoms with van der Waals surface area (Å²) in [5, 5.41) is 14.1. The highest BCUT2D eigenvalue weighted by Crippen LogP contribution is 2.13. The van der Waals surface area contributed by atoms with Crippen LogP contribution < -0.4 is 5.32 Å². The maximum Gasteiger partial charge on any atom is 0.315 e. The molecule has 0 spiro atoms. The molecule has 1 rings (SSSR count). The zero-order chi connectivity index (χ0) is 10.7. The molecule has 14 heavy (non-hydrogen) atoms. The molecule has 0 aromatic carbocycles. The van der Waals surface area contributed by atoms with Gasteiger partial charge in [0, 0.05) is 7.05 Å². The molecule has 0 radical (unpaired) electrons. The largest absolute Gasteiger partial charge is 0.315 e. The van der Waals surface area contributed by atoms with Gasteiger partial charge in [-0.25, -0.2) is 0 Å². The van der Waals surface area contributed by atoms with Gasteiger partial charge in [-0.3, -0.25) is 9.48 Å². The number of carbonyl (C=O) groups is 1. The van der Waals surface area contributed by atoms with Gasteiger partial charge in [0.25, 0.3) is 5.91 Å². The number of carbonyl (C=O) groups excluding carboxylic acids is 1. The Morgan fingerprint density at radius 2 is 2.43 bits per heavy atom. The van der Waals surface area contributed by atoms with Crippen molar-refractivity contribution in [1.29, 1.82) is 5.26 Å². The average Bonchev–Trinajstić information content (AvgIpc) is 2.47. The smallest absolute Gasteiger partial charge is 0.305 e. The van der Waals surface area contributed by atoms with Gasteiger partial charge >= 0.3 is 6.43 Å². The van der Waals surface area contributed by atoms with Crippen LogP contribution in [0.15, 0.2) is 6.20 Å².